The highest BCUT2D eigenvalue weighted by Gasteiger charge is 2.39. The van der Waals surface area contributed by atoms with Crippen molar-refractivity contribution in [2.45, 2.75) is 38.4 Å². The van der Waals surface area contributed by atoms with Crippen molar-refractivity contribution in [1.82, 2.24) is 0 Å². The van der Waals surface area contributed by atoms with Crippen molar-refractivity contribution in [3.63, 3.8) is 0 Å². The van der Waals surface area contributed by atoms with Crippen LogP contribution in [0.15, 0.2) is 18.2 Å². The van der Waals surface area contributed by atoms with Crippen molar-refractivity contribution >= 4 is 11.4 Å². The molecular formula is C15H24N2O3. The average molecular weight is 280 g/mol. The lowest BCUT2D eigenvalue weighted by Gasteiger charge is -2.26. The lowest BCUT2D eigenvalue weighted by atomic mass is 9.96. The minimum absolute atomic E-state index is 0.160. The molecule has 0 amide bonds. The topological polar surface area (TPSA) is 76.7 Å². The number of hydrogen-bond acceptors (Lipinski definition) is 5. The minimum atomic E-state index is -0.824. The van der Waals surface area contributed by atoms with E-state index in [1.165, 1.54) is 0 Å². The molecular weight excluding hydrogens is 256 g/mol. The van der Waals surface area contributed by atoms with Crippen LogP contribution < -0.4 is 15.8 Å². The maximum atomic E-state index is 10.5. The second-order valence-corrected chi connectivity index (χ2v) is 5.36. The van der Waals surface area contributed by atoms with Crippen molar-refractivity contribution in [3.8, 4) is 5.75 Å². The van der Waals surface area contributed by atoms with Crippen LogP contribution in [0.4, 0.5) is 11.4 Å². The molecule has 0 bridgehead atoms. The third-order valence-corrected chi connectivity index (χ3v) is 3.66. The highest BCUT2D eigenvalue weighted by Crippen LogP contribution is 2.28. The van der Waals surface area contributed by atoms with Crippen LogP contribution in [0.3, 0.4) is 0 Å². The number of aliphatic hydroxyl groups is 1. The Hall–Kier alpha value is -1.46. The normalized spacial score (nSPS) is 25.6. The van der Waals surface area contributed by atoms with E-state index in [0.29, 0.717) is 31.9 Å². The number of benzene rings is 1. The summed E-state index contributed by atoms with van der Waals surface area (Å²) >= 11 is 0. The number of nitrogen functional groups attached to an aromatic ring is 1. The second kappa shape index (κ2) is 6.33. The minimum Gasteiger partial charge on any atom is -0.493 e. The molecule has 0 saturated carbocycles. The Morgan fingerprint density at radius 1 is 1.50 bits per heavy atom. The second-order valence-electron chi connectivity index (χ2n) is 5.36. The molecule has 4 N–H and O–H groups in total. The first-order chi connectivity index (χ1) is 9.53. The molecule has 2 atom stereocenters. The molecule has 112 valence electrons. The Kier molecular flexibility index (Phi) is 4.73. The SMILES string of the molecule is CCCOc1cc(N)cc(NCC2(O)CCOC2C)c1. The molecule has 2 unspecified atom stereocenters. The zero-order valence-corrected chi connectivity index (χ0v) is 12.2. The fourth-order valence-corrected chi connectivity index (χ4v) is 2.29. The molecule has 1 aliphatic rings. The van der Waals surface area contributed by atoms with Crippen LogP contribution in [0.2, 0.25) is 0 Å². The summed E-state index contributed by atoms with van der Waals surface area (Å²) in [4.78, 5) is 0. The molecule has 5 heteroatoms. The summed E-state index contributed by atoms with van der Waals surface area (Å²) in [6.45, 7) is 5.65. The third-order valence-electron chi connectivity index (χ3n) is 3.66. The first-order valence-electron chi connectivity index (χ1n) is 7.15. The highest BCUT2D eigenvalue weighted by molar-refractivity contribution is 5.59. The molecule has 1 aromatic rings. The number of ether oxygens (including phenoxy) is 2. The van der Waals surface area contributed by atoms with Crippen LogP contribution >= 0.6 is 0 Å². The lowest BCUT2D eigenvalue weighted by molar-refractivity contribution is -0.0175. The van der Waals surface area contributed by atoms with Gasteiger partial charge < -0.3 is 25.6 Å². The predicted octanol–water partition coefficient (Wildman–Crippen LogP) is 2.01. The van der Waals surface area contributed by atoms with Gasteiger partial charge in [-0.2, -0.15) is 0 Å². The Balaban J connectivity index is 2.00. The Labute approximate surface area is 120 Å². The number of anilines is 2. The van der Waals surface area contributed by atoms with Gasteiger partial charge in [-0.25, -0.2) is 0 Å². The molecule has 2 rings (SSSR count). The third kappa shape index (κ3) is 3.55. The van der Waals surface area contributed by atoms with E-state index in [9.17, 15) is 5.11 Å². The molecule has 0 aliphatic carbocycles. The van der Waals surface area contributed by atoms with E-state index in [1.807, 2.05) is 19.1 Å². The van der Waals surface area contributed by atoms with E-state index in [0.717, 1.165) is 17.9 Å². The van der Waals surface area contributed by atoms with Gasteiger partial charge in [-0.15, -0.1) is 0 Å². The van der Waals surface area contributed by atoms with Gasteiger partial charge >= 0.3 is 0 Å². The van der Waals surface area contributed by atoms with Crippen molar-refractivity contribution < 1.29 is 14.6 Å². The number of nitrogens with two attached hydrogens (primary N) is 1. The van der Waals surface area contributed by atoms with Crippen LogP contribution in [-0.4, -0.2) is 36.6 Å². The molecule has 1 aromatic carbocycles. The van der Waals surface area contributed by atoms with Gasteiger partial charge in [0, 0.05) is 43.1 Å². The lowest BCUT2D eigenvalue weighted by Crippen LogP contribution is -2.43. The summed E-state index contributed by atoms with van der Waals surface area (Å²) in [5.41, 5.74) is 6.54. The standard InChI is InChI=1S/C15H24N2O3/c1-3-5-20-14-8-12(16)7-13(9-14)17-10-15(18)4-6-19-11(15)2/h7-9,11,17-18H,3-6,10,16H2,1-2H3. The Morgan fingerprint density at radius 3 is 2.95 bits per heavy atom. The van der Waals surface area contributed by atoms with Gasteiger partial charge in [-0.3, -0.25) is 0 Å². The van der Waals surface area contributed by atoms with E-state index >= 15 is 0 Å². The van der Waals surface area contributed by atoms with Crippen LogP contribution in [0.25, 0.3) is 0 Å². The molecule has 1 fully saturated rings. The molecule has 1 aliphatic heterocycles. The van der Waals surface area contributed by atoms with Gasteiger partial charge in [0.2, 0.25) is 0 Å². The number of hydrogen-bond donors (Lipinski definition) is 3. The summed E-state index contributed by atoms with van der Waals surface area (Å²) < 4.78 is 11.0. The van der Waals surface area contributed by atoms with Crippen molar-refractivity contribution in [1.29, 1.82) is 0 Å². The molecule has 1 saturated heterocycles. The van der Waals surface area contributed by atoms with E-state index < -0.39 is 5.60 Å². The highest BCUT2D eigenvalue weighted by atomic mass is 16.5. The van der Waals surface area contributed by atoms with Gasteiger partial charge in [0.25, 0.3) is 0 Å². The van der Waals surface area contributed by atoms with E-state index in [4.69, 9.17) is 15.2 Å². The van der Waals surface area contributed by atoms with Gasteiger partial charge in [-0.1, -0.05) is 6.92 Å². The summed E-state index contributed by atoms with van der Waals surface area (Å²) in [6.07, 6.45) is 1.43. The van der Waals surface area contributed by atoms with E-state index in [1.54, 1.807) is 6.07 Å². The fourth-order valence-electron chi connectivity index (χ4n) is 2.29. The summed E-state index contributed by atoms with van der Waals surface area (Å²) in [6, 6.07) is 5.54. The van der Waals surface area contributed by atoms with Gasteiger partial charge in [0.1, 0.15) is 11.4 Å². The Morgan fingerprint density at radius 2 is 2.30 bits per heavy atom. The van der Waals surface area contributed by atoms with Crippen LogP contribution in [-0.2, 0) is 4.74 Å². The molecule has 5 nitrogen and oxygen atoms in total. The maximum absolute atomic E-state index is 10.5. The molecule has 0 aromatic heterocycles. The molecule has 0 spiro atoms. The summed E-state index contributed by atoms with van der Waals surface area (Å²) in [7, 11) is 0. The van der Waals surface area contributed by atoms with Gasteiger partial charge in [0.15, 0.2) is 0 Å². The summed E-state index contributed by atoms with van der Waals surface area (Å²) in [5.74, 6) is 0.747. The van der Waals surface area contributed by atoms with Crippen LogP contribution in [0.1, 0.15) is 26.7 Å². The van der Waals surface area contributed by atoms with Gasteiger partial charge in [-0.05, 0) is 19.4 Å². The molecule has 20 heavy (non-hydrogen) atoms. The predicted molar refractivity (Wildman–Crippen MR) is 80.1 cm³/mol. The van der Waals surface area contributed by atoms with Crippen molar-refractivity contribution in [2.75, 3.05) is 30.8 Å². The fraction of sp³-hybridized carbons (Fsp3) is 0.600. The Bertz CT molecular complexity index is 453. The smallest absolute Gasteiger partial charge is 0.123 e. The van der Waals surface area contributed by atoms with Crippen LogP contribution in [0.5, 0.6) is 5.75 Å². The van der Waals surface area contributed by atoms with Crippen LogP contribution in [0, 0.1) is 0 Å². The monoisotopic (exact) mass is 280 g/mol. The zero-order chi connectivity index (χ0) is 14.6. The van der Waals surface area contributed by atoms with Crippen molar-refractivity contribution in [2.24, 2.45) is 0 Å². The number of nitrogens with one attached hydrogen (secondary N) is 1. The van der Waals surface area contributed by atoms with Gasteiger partial charge in [0.05, 0.1) is 12.7 Å². The largest absolute Gasteiger partial charge is 0.493 e. The van der Waals surface area contributed by atoms with E-state index in [2.05, 4.69) is 12.2 Å². The van der Waals surface area contributed by atoms with E-state index in [-0.39, 0.29) is 6.10 Å². The number of rotatable bonds is 6. The van der Waals surface area contributed by atoms with Crippen molar-refractivity contribution in [3.05, 3.63) is 18.2 Å². The maximum Gasteiger partial charge on any atom is 0.123 e. The zero-order valence-electron chi connectivity index (χ0n) is 12.2. The average Bonchev–Trinajstić information content (AvgIpc) is 2.74. The first kappa shape index (κ1) is 14.9. The molecule has 0 radical (unpaired) electrons. The molecule has 1 heterocycles. The quantitative estimate of drug-likeness (QED) is 0.695. The summed E-state index contributed by atoms with van der Waals surface area (Å²) in [5, 5.41) is 13.7. The first-order valence-corrected chi connectivity index (χ1v) is 7.15.